The van der Waals surface area contributed by atoms with Gasteiger partial charge < -0.3 is 58.1 Å². The zero-order valence-electron chi connectivity index (χ0n) is 43.3. The molecule has 0 spiro atoms. The Labute approximate surface area is 407 Å². The highest BCUT2D eigenvalue weighted by atomic mass is 16.5. The number of anilines is 4. The quantitative estimate of drug-likeness (QED) is 0.185. The lowest BCUT2D eigenvalue weighted by molar-refractivity contribution is -0.129. The molecule has 2 amide bonds. The number of hydrogen-bond acceptors (Lipinski definition) is 12. The van der Waals surface area contributed by atoms with Gasteiger partial charge in [0, 0.05) is 166 Å². The molecule has 4 heterocycles. The first-order valence-electron chi connectivity index (χ1n) is 24.1. The molecule has 68 heavy (non-hydrogen) atoms. The Morgan fingerprint density at radius 1 is 0.353 bits per heavy atom. The van der Waals surface area contributed by atoms with E-state index in [1.54, 1.807) is 42.3 Å². The van der Waals surface area contributed by atoms with Crippen molar-refractivity contribution < 1.29 is 28.5 Å². The van der Waals surface area contributed by atoms with Crippen LogP contribution in [0, 0.1) is 27.7 Å². The largest absolute Gasteiger partial charge is 0.496 e. The number of amides is 2. The number of nitrogens with zero attached hydrogens (tertiary/aromatic N) is 8. The Morgan fingerprint density at radius 2 is 0.559 bits per heavy atom. The Hall–Kier alpha value is -5.86. The van der Waals surface area contributed by atoms with Crippen molar-refractivity contribution in [2.24, 2.45) is 0 Å². The molecular formula is C54H80N8O6. The summed E-state index contributed by atoms with van der Waals surface area (Å²) in [4.78, 5) is 40.5. The third-order valence-electron chi connectivity index (χ3n) is 13.5. The van der Waals surface area contributed by atoms with Gasteiger partial charge in [0.05, 0.1) is 28.4 Å². The lowest BCUT2D eigenvalue weighted by Gasteiger charge is -2.35. The lowest BCUT2D eigenvalue weighted by Crippen LogP contribution is -2.48. The average molecular weight is 937 g/mol. The second-order valence-electron chi connectivity index (χ2n) is 18.2. The summed E-state index contributed by atoms with van der Waals surface area (Å²) in [5.41, 5.74) is 9.56. The van der Waals surface area contributed by atoms with Crippen LogP contribution in [0.3, 0.4) is 0 Å². The molecular weight excluding hydrogens is 857 g/mol. The minimum absolute atomic E-state index is 0.163. The van der Waals surface area contributed by atoms with Gasteiger partial charge in [-0.3, -0.25) is 9.59 Å². The Balaban J connectivity index is 0.000000170. The SMILES string of the molecule is COc1cc(N2CCN(C(C)=O)CC2)ccc1C.COc1cc(N2CCN(C(C)=O)CC2)ccc1C.COc1cc(N2CCN(C)CC2)ccc1C.COc1cc(N2CCN(C)CC2)ccc1C. The molecule has 372 valence electrons. The Morgan fingerprint density at radius 3 is 0.750 bits per heavy atom. The molecule has 4 aliphatic heterocycles. The number of carbonyl (C=O) groups excluding carboxylic acids is 2. The summed E-state index contributed by atoms with van der Waals surface area (Å²) in [6.07, 6.45) is 0. The molecule has 4 aromatic carbocycles. The Kier molecular flexibility index (Phi) is 20.3. The van der Waals surface area contributed by atoms with Gasteiger partial charge in [0.2, 0.25) is 11.8 Å². The minimum Gasteiger partial charge on any atom is -0.496 e. The lowest BCUT2D eigenvalue weighted by atomic mass is 10.1. The van der Waals surface area contributed by atoms with E-state index in [9.17, 15) is 9.59 Å². The van der Waals surface area contributed by atoms with Gasteiger partial charge in [-0.25, -0.2) is 0 Å². The van der Waals surface area contributed by atoms with Gasteiger partial charge in [-0.1, -0.05) is 24.3 Å². The maximum absolute atomic E-state index is 11.3. The maximum atomic E-state index is 11.3. The predicted octanol–water partition coefficient (Wildman–Crippen LogP) is 6.86. The summed E-state index contributed by atoms with van der Waals surface area (Å²) in [6.45, 7) is 27.1. The van der Waals surface area contributed by atoms with E-state index in [2.05, 4.69) is 130 Å². The number of rotatable bonds is 8. The summed E-state index contributed by atoms with van der Waals surface area (Å²) >= 11 is 0. The molecule has 4 aromatic rings. The van der Waals surface area contributed by atoms with Crippen molar-refractivity contribution in [2.45, 2.75) is 41.5 Å². The summed E-state index contributed by atoms with van der Waals surface area (Å²) in [7, 11) is 11.2. The number of hydrogen-bond donors (Lipinski definition) is 0. The number of ether oxygens (including phenoxy) is 4. The highest BCUT2D eigenvalue weighted by Crippen LogP contribution is 2.29. The van der Waals surface area contributed by atoms with Gasteiger partial charge in [-0.15, -0.1) is 0 Å². The van der Waals surface area contributed by atoms with Crippen LogP contribution in [0.1, 0.15) is 36.1 Å². The number of carbonyl (C=O) groups is 2. The Bertz CT molecular complexity index is 2050. The highest BCUT2D eigenvalue weighted by molar-refractivity contribution is 5.74. The molecule has 0 atom stereocenters. The van der Waals surface area contributed by atoms with Crippen molar-refractivity contribution in [1.82, 2.24) is 19.6 Å². The van der Waals surface area contributed by atoms with Crippen LogP contribution in [0.2, 0.25) is 0 Å². The zero-order chi connectivity index (χ0) is 49.3. The van der Waals surface area contributed by atoms with Crippen LogP contribution in [-0.4, -0.2) is 179 Å². The number of benzene rings is 4. The summed E-state index contributed by atoms with van der Waals surface area (Å²) in [5, 5.41) is 0. The molecule has 4 fully saturated rings. The normalized spacial score (nSPS) is 16.6. The van der Waals surface area contributed by atoms with E-state index in [4.69, 9.17) is 18.9 Å². The van der Waals surface area contributed by atoms with E-state index in [1.165, 1.54) is 33.9 Å². The van der Waals surface area contributed by atoms with Crippen LogP contribution in [0.15, 0.2) is 72.8 Å². The molecule has 4 saturated heterocycles. The number of methoxy groups -OCH3 is 4. The van der Waals surface area contributed by atoms with Crippen LogP contribution in [0.5, 0.6) is 23.0 Å². The van der Waals surface area contributed by atoms with E-state index in [0.717, 1.165) is 139 Å². The molecule has 0 aromatic heterocycles. The number of aryl methyl sites for hydroxylation is 4. The number of piperazine rings is 4. The van der Waals surface area contributed by atoms with Gasteiger partial charge in [0.1, 0.15) is 23.0 Å². The first kappa shape index (κ1) is 53.1. The van der Waals surface area contributed by atoms with E-state index < -0.39 is 0 Å². The van der Waals surface area contributed by atoms with Crippen LogP contribution in [-0.2, 0) is 9.59 Å². The monoisotopic (exact) mass is 937 g/mol. The number of likely N-dealkylation sites (N-methyl/N-ethyl adjacent to an activating group) is 2. The van der Waals surface area contributed by atoms with Crippen molar-refractivity contribution in [2.75, 3.05) is 167 Å². The second-order valence-corrected chi connectivity index (χ2v) is 18.2. The third kappa shape index (κ3) is 15.1. The maximum Gasteiger partial charge on any atom is 0.219 e. The van der Waals surface area contributed by atoms with E-state index in [-0.39, 0.29) is 11.8 Å². The zero-order valence-corrected chi connectivity index (χ0v) is 43.3. The van der Waals surface area contributed by atoms with Gasteiger partial charge >= 0.3 is 0 Å². The van der Waals surface area contributed by atoms with Gasteiger partial charge in [0.25, 0.3) is 0 Å². The molecule has 0 radical (unpaired) electrons. The van der Waals surface area contributed by atoms with Gasteiger partial charge in [-0.05, 0) is 88.3 Å². The molecule has 0 saturated carbocycles. The van der Waals surface area contributed by atoms with Gasteiger partial charge in [-0.2, -0.15) is 0 Å². The fraction of sp³-hybridized carbons (Fsp3) is 0.519. The minimum atomic E-state index is 0.163. The predicted molar refractivity (Wildman–Crippen MR) is 279 cm³/mol. The fourth-order valence-corrected chi connectivity index (χ4v) is 8.71. The topological polar surface area (TPSA) is 97.0 Å². The molecule has 14 nitrogen and oxygen atoms in total. The summed E-state index contributed by atoms with van der Waals surface area (Å²) in [5.74, 6) is 4.13. The van der Waals surface area contributed by atoms with Crippen LogP contribution in [0.4, 0.5) is 22.7 Å². The van der Waals surface area contributed by atoms with Crippen molar-refractivity contribution in [3.05, 3.63) is 95.1 Å². The fourth-order valence-electron chi connectivity index (χ4n) is 8.71. The molecule has 4 aliphatic rings. The first-order chi connectivity index (χ1) is 32.6. The second kappa shape index (κ2) is 26.0. The molecule has 0 bridgehead atoms. The third-order valence-corrected chi connectivity index (χ3v) is 13.5. The van der Waals surface area contributed by atoms with Crippen molar-refractivity contribution in [1.29, 1.82) is 0 Å². The van der Waals surface area contributed by atoms with Crippen molar-refractivity contribution >= 4 is 34.6 Å². The summed E-state index contributed by atoms with van der Waals surface area (Å²) < 4.78 is 21.4. The van der Waals surface area contributed by atoms with E-state index in [1.807, 2.05) is 23.6 Å². The summed E-state index contributed by atoms with van der Waals surface area (Å²) in [6, 6.07) is 25.4. The molecule has 0 N–H and O–H groups in total. The van der Waals surface area contributed by atoms with E-state index >= 15 is 0 Å². The van der Waals surface area contributed by atoms with Crippen molar-refractivity contribution in [3.63, 3.8) is 0 Å². The van der Waals surface area contributed by atoms with Crippen molar-refractivity contribution in [3.8, 4) is 23.0 Å². The van der Waals surface area contributed by atoms with Crippen LogP contribution < -0.4 is 38.5 Å². The smallest absolute Gasteiger partial charge is 0.219 e. The molecule has 14 heteroatoms. The van der Waals surface area contributed by atoms with Crippen LogP contribution >= 0.6 is 0 Å². The standard InChI is InChI=1S/2C14H20N2O2.2C13H20N2O/c2*1-11-4-5-13(10-14(11)18-3)16-8-6-15(7-9-16)12(2)17;2*1-11-4-5-12(10-13(11)16-3)15-8-6-14(2)7-9-15/h2*4-5,10H,6-9H2,1-3H3;2*4-5,10H,6-9H2,1-3H3. The molecule has 0 unspecified atom stereocenters. The molecule has 0 aliphatic carbocycles. The average Bonchev–Trinajstić information content (AvgIpc) is 3.36. The molecule has 8 rings (SSSR count). The van der Waals surface area contributed by atoms with Gasteiger partial charge in [0.15, 0.2) is 0 Å². The van der Waals surface area contributed by atoms with Crippen LogP contribution in [0.25, 0.3) is 0 Å². The van der Waals surface area contributed by atoms with E-state index in [0.29, 0.717) is 0 Å². The highest BCUT2D eigenvalue weighted by Gasteiger charge is 2.21. The first-order valence-corrected chi connectivity index (χ1v) is 24.1.